The number of rotatable bonds is 10. The number of allylic oxidation sites excluding steroid dienone is 1. The van der Waals surface area contributed by atoms with E-state index in [0.29, 0.717) is 18.8 Å². The smallest absolute Gasteiger partial charge is 0.273 e. The van der Waals surface area contributed by atoms with Crippen LogP contribution in [-0.4, -0.2) is 36.1 Å². The molecule has 0 radical (unpaired) electrons. The third-order valence-electron chi connectivity index (χ3n) is 6.25. The Labute approximate surface area is 210 Å². The first-order chi connectivity index (χ1) is 17.6. The van der Waals surface area contributed by atoms with Gasteiger partial charge in [-0.1, -0.05) is 53.3 Å². The zero-order valence-corrected chi connectivity index (χ0v) is 20.4. The average Bonchev–Trinajstić information content (AvgIpc) is 3.53. The van der Waals surface area contributed by atoms with Gasteiger partial charge in [0.05, 0.1) is 17.6 Å². The monoisotopic (exact) mass is 479 g/mol. The first kappa shape index (κ1) is 23.5. The molecule has 0 aliphatic heterocycles. The molecule has 1 aliphatic carbocycles. The maximum absolute atomic E-state index is 12.4. The molecular weight excluding hydrogens is 450 g/mol. The van der Waals surface area contributed by atoms with Crippen LogP contribution in [0.15, 0.2) is 66.5 Å². The number of pyridine rings is 1. The minimum absolute atomic E-state index is 0.241. The lowest BCUT2D eigenvalue weighted by Crippen LogP contribution is -2.23. The van der Waals surface area contributed by atoms with Gasteiger partial charge < -0.3 is 5.32 Å². The number of nitrogens with one attached hydrogen (secondary N) is 1. The molecule has 1 aliphatic rings. The lowest BCUT2D eigenvalue weighted by atomic mass is 10.0. The van der Waals surface area contributed by atoms with E-state index in [-0.39, 0.29) is 5.91 Å². The molecular formula is C28H29N7O. The summed E-state index contributed by atoms with van der Waals surface area (Å²) in [4.78, 5) is 16.6. The topological polar surface area (TPSA) is 98.5 Å². The Kier molecular flexibility index (Phi) is 7.21. The Hall–Kier alpha value is -4.20. The molecule has 0 fully saturated rings. The van der Waals surface area contributed by atoms with Crippen molar-refractivity contribution in [1.82, 2.24) is 35.5 Å². The number of hydrogen-bond donors (Lipinski definition) is 1. The van der Waals surface area contributed by atoms with Gasteiger partial charge in [-0.3, -0.25) is 14.5 Å². The summed E-state index contributed by atoms with van der Waals surface area (Å²) >= 11 is 0. The van der Waals surface area contributed by atoms with Crippen molar-refractivity contribution in [3.8, 4) is 0 Å². The average molecular weight is 480 g/mol. The largest absolute Gasteiger partial charge is 0.346 e. The van der Waals surface area contributed by atoms with Crippen LogP contribution >= 0.6 is 0 Å². The molecule has 36 heavy (non-hydrogen) atoms. The van der Waals surface area contributed by atoms with Crippen molar-refractivity contribution in [2.24, 2.45) is 0 Å². The number of nitrogens with zero attached hydrogens (tertiary/aromatic N) is 6. The molecule has 182 valence electrons. The molecule has 1 N–H and O–H groups in total. The zero-order valence-electron chi connectivity index (χ0n) is 20.4. The van der Waals surface area contributed by atoms with Crippen LogP contribution in [-0.2, 0) is 32.4 Å². The first-order valence-electron chi connectivity index (χ1n) is 12.3. The number of hydrogen-bond acceptors (Lipinski definition) is 6. The highest BCUT2D eigenvalue weighted by Gasteiger charge is 2.16. The maximum atomic E-state index is 12.4. The summed E-state index contributed by atoms with van der Waals surface area (Å²) in [6.07, 6.45) is 10.3. The summed E-state index contributed by atoms with van der Waals surface area (Å²) < 4.78 is 1.72. The fourth-order valence-corrected chi connectivity index (χ4v) is 4.28. The lowest BCUT2D eigenvalue weighted by molar-refractivity contribution is 0.0946. The fourth-order valence-electron chi connectivity index (χ4n) is 4.28. The Balaban J connectivity index is 1.06. The van der Waals surface area contributed by atoms with Crippen LogP contribution in [0.5, 0.6) is 0 Å². The second kappa shape index (κ2) is 11.0. The second-order valence-corrected chi connectivity index (χ2v) is 9.19. The molecule has 1 amide bonds. The molecule has 3 heterocycles. The molecule has 0 bridgehead atoms. The minimum Gasteiger partial charge on any atom is -0.346 e. The number of aryl methyl sites for hydroxylation is 3. The van der Waals surface area contributed by atoms with Crippen LogP contribution in [0.25, 0.3) is 6.08 Å². The van der Waals surface area contributed by atoms with Crippen LogP contribution in [0.1, 0.15) is 57.1 Å². The minimum atomic E-state index is -0.241. The zero-order chi connectivity index (χ0) is 24.7. The second-order valence-electron chi connectivity index (χ2n) is 9.19. The third kappa shape index (κ3) is 6.07. The van der Waals surface area contributed by atoms with Crippen molar-refractivity contribution in [3.05, 3.63) is 106 Å². The standard InChI is InChI=1S/C28H29N7O/c1-20-10-11-22(17-29-20)18-30-28(36)27-19-35(34-33-27)12-6-5-9-25-16-24-14-23(15-26(24)32-31-25)13-21-7-3-2-4-8-21/h2-4,7-8,10-11,14,16-17,19H,5-6,9,12-13,15,18H2,1H3,(H,30,36). The van der Waals surface area contributed by atoms with Gasteiger partial charge in [0.25, 0.3) is 5.91 Å². The maximum Gasteiger partial charge on any atom is 0.273 e. The highest BCUT2D eigenvalue weighted by atomic mass is 16.2. The molecule has 8 nitrogen and oxygen atoms in total. The molecule has 0 spiro atoms. The highest BCUT2D eigenvalue weighted by molar-refractivity contribution is 5.91. The van der Waals surface area contributed by atoms with Crippen molar-refractivity contribution in [1.29, 1.82) is 0 Å². The van der Waals surface area contributed by atoms with Crippen LogP contribution in [0.3, 0.4) is 0 Å². The van der Waals surface area contributed by atoms with E-state index < -0.39 is 0 Å². The van der Waals surface area contributed by atoms with Crippen molar-refractivity contribution in [3.63, 3.8) is 0 Å². The first-order valence-corrected chi connectivity index (χ1v) is 12.3. The number of amides is 1. The van der Waals surface area contributed by atoms with Gasteiger partial charge in [0, 0.05) is 31.4 Å². The number of unbranched alkanes of at least 4 members (excludes halogenated alkanes) is 1. The predicted octanol–water partition coefficient (Wildman–Crippen LogP) is 3.91. The van der Waals surface area contributed by atoms with Gasteiger partial charge >= 0.3 is 0 Å². The van der Waals surface area contributed by atoms with E-state index in [4.69, 9.17) is 0 Å². The number of carbonyl (C=O) groups is 1. The van der Waals surface area contributed by atoms with E-state index in [9.17, 15) is 4.79 Å². The molecule has 0 saturated carbocycles. The third-order valence-corrected chi connectivity index (χ3v) is 6.25. The summed E-state index contributed by atoms with van der Waals surface area (Å²) in [5.41, 5.74) is 8.18. The summed E-state index contributed by atoms with van der Waals surface area (Å²) in [6, 6.07) is 16.6. The van der Waals surface area contributed by atoms with E-state index in [2.05, 4.69) is 67.2 Å². The van der Waals surface area contributed by atoms with Crippen LogP contribution < -0.4 is 5.32 Å². The lowest BCUT2D eigenvalue weighted by Gasteiger charge is -2.04. The van der Waals surface area contributed by atoms with Crippen LogP contribution in [0.2, 0.25) is 0 Å². The Bertz CT molecular complexity index is 1360. The van der Waals surface area contributed by atoms with Crippen LogP contribution in [0, 0.1) is 6.92 Å². The Morgan fingerprint density at radius 1 is 1.03 bits per heavy atom. The van der Waals surface area contributed by atoms with Crippen molar-refractivity contribution in [2.45, 2.75) is 52.1 Å². The van der Waals surface area contributed by atoms with Crippen LogP contribution in [0.4, 0.5) is 0 Å². The quantitative estimate of drug-likeness (QED) is 0.346. The number of aromatic nitrogens is 6. The summed E-state index contributed by atoms with van der Waals surface area (Å²) in [7, 11) is 0. The molecule has 0 atom stereocenters. The van der Waals surface area contributed by atoms with E-state index >= 15 is 0 Å². The molecule has 0 saturated heterocycles. The summed E-state index contributed by atoms with van der Waals surface area (Å²) in [5, 5.41) is 19.9. The normalized spacial score (nSPS) is 12.3. The van der Waals surface area contributed by atoms with Crippen molar-refractivity contribution < 1.29 is 4.79 Å². The molecule has 5 rings (SSSR count). The van der Waals surface area contributed by atoms with Crippen molar-refractivity contribution >= 4 is 12.0 Å². The summed E-state index contributed by atoms with van der Waals surface area (Å²) in [6.45, 7) is 3.03. The Morgan fingerprint density at radius 3 is 2.75 bits per heavy atom. The SMILES string of the molecule is Cc1ccc(CNC(=O)c2cn(CCCCc3cc4c(nn3)CC(Cc3ccccc3)=C4)nn2)cn1. The predicted molar refractivity (Wildman–Crippen MR) is 137 cm³/mol. The van der Waals surface area contributed by atoms with Crippen molar-refractivity contribution in [2.75, 3.05) is 0 Å². The number of fused-ring (bicyclic) bond motifs is 1. The van der Waals surface area contributed by atoms with E-state index in [0.717, 1.165) is 54.7 Å². The van der Waals surface area contributed by atoms with Gasteiger partial charge in [-0.15, -0.1) is 5.10 Å². The number of benzene rings is 1. The van der Waals surface area contributed by atoms with Gasteiger partial charge in [-0.05, 0) is 61.4 Å². The molecule has 0 unspecified atom stereocenters. The molecule has 8 heteroatoms. The number of carbonyl (C=O) groups excluding carboxylic acids is 1. The molecule has 3 aromatic heterocycles. The van der Waals surface area contributed by atoms with Gasteiger partial charge in [0.15, 0.2) is 5.69 Å². The van der Waals surface area contributed by atoms with Gasteiger partial charge in [0.2, 0.25) is 0 Å². The Morgan fingerprint density at radius 2 is 1.92 bits per heavy atom. The summed E-state index contributed by atoms with van der Waals surface area (Å²) in [5.74, 6) is -0.241. The van der Waals surface area contributed by atoms with Gasteiger partial charge in [0.1, 0.15) is 0 Å². The highest BCUT2D eigenvalue weighted by Crippen LogP contribution is 2.26. The van der Waals surface area contributed by atoms with Gasteiger partial charge in [-0.25, -0.2) is 0 Å². The molecule has 1 aromatic carbocycles. The van der Waals surface area contributed by atoms with Gasteiger partial charge in [-0.2, -0.15) is 10.2 Å². The fraction of sp³-hybridized carbons (Fsp3) is 0.286. The van der Waals surface area contributed by atoms with E-state index in [1.807, 2.05) is 25.1 Å². The molecule has 4 aromatic rings. The van der Waals surface area contributed by atoms with E-state index in [1.165, 1.54) is 16.7 Å². The van der Waals surface area contributed by atoms with E-state index in [1.54, 1.807) is 17.1 Å².